The van der Waals surface area contributed by atoms with Gasteiger partial charge in [-0.1, -0.05) is 18.2 Å². The molecule has 0 fully saturated rings. The highest BCUT2D eigenvalue weighted by atomic mass is 19.3. The van der Waals surface area contributed by atoms with Crippen LogP contribution in [-0.4, -0.2) is 29.0 Å². The van der Waals surface area contributed by atoms with Crippen LogP contribution in [0, 0.1) is 0 Å². The van der Waals surface area contributed by atoms with Gasteiger partial charge in [0.1, 0.15) is 11.5 Å². The maximum absolute atomic E-state index is 12.5. The largest absolute Gasteiger partial charge is 0.454 e. The second-order valence-corrected chi connectivity index (χ2v) is 6.12. The lowest BCUT2D eigenvalue weighted by atomic mass is 10.2. The van der Waals surface area contributed by atoms with Crippen LogP contribution < -0.4 is 10.3 Å². The molecule has 1 amide bonds. The number of nitrogens with zero attached hydrogens (tertiary/aromatic N) is 2. The van der Waals surface area contributed by atoms with E-state index in [1.165, 1.54) is 27.7 Å². The Morgan fingerprint density at radius 2 is 1.89 bits per heavy atom. The molecular weight excluding hydrogens is 370 g/mol. The molecule has 28 heavy (non-hydrogen) atoms. The molecule has 3 aromatic rings. The first-order valence-electron chi connectivity index (χ1n) is 8.46. The molecule has 0 bridgehead atoms. The molecule has 146 valence electrons. The summed E-state index contributed by atoms with van der Waals surface area (Å²) in [7, 11) is 1.61. The minimum atomic E-state index is -2.88. The van der Waals surface area contributed by atoms with Gasteiger partial charge >= 0.3 is 6.61 Å². The number of amides is 1. The van der Waals surface area contributed by atoms with Crippen molar-refractivity contribution in [3.63, 3.8) is 0 Å². The molecule has 8 heteroatoms. The topological polar surface area (TPSA) is 64.7 Å². The predicted octanol–water partition coefficient (Wildman–Crippen LogP) is 3.36. The zero-order valence-corrected chi connectivity index (χ0v) is 15.0. The number of carbonyl (C=O) groups excluding carboxylic acids is 1. The molecule has 0 aliphatic rings. The fourth-order valence-corrected chi connectivity index (χ4v) is 2.65. The molecule has 0 aliphatic heterocycles. The lowest BCUT2D eigenvalue weighted by Gasteiger charge is -2.16. The number of aromatic nitrogens is 1. The number of halogens is 2. The van der Waals surface area contributed by atoms with Gasteiger partial charge in [0.15, 0.2) is 5.76 Å². The fourth-order valence-electron chi connectivity index (χ4n) is 2.65. The quantitative estimate of drug-likeness (QED) is 0.623. The van der Waals surface area contributed by atoms with Gasteiger partial charge in [-0.3, -0.25) is 9.59 Å². The molecule has 0 aliphatic carbocycles. The summed E-state index contributed by atoms with van der Waals surface area (Å²) in [5.74, 6) is 0.358. The number of rotatable bonds is 7. The van der Waals surface area contributed by atoms with E-state index in [-0.39, 0.29) is 36.1 Å². The van der Waals surface area contributed by atoms with Crippen molar-refractivity contribution >= 4 is 5.91 Å². The van der Waals surface area contributed by atoms with Crippen LogP contribution in [0.3, 0.4) is 0 Å². The van der Waals surface area contributed by atoms with Crippen molar-refractivity contribution in [3.8, 4) is 5.75 Å². The van der Waals surface area contributed by atoms with Crippen LogP contribution in [0.15, 0.2) is 70.0 Å². The normalized spacial score (nSPS) is 10.9. The number of furan rings is 1. The van der Waals surface area contributed by atoms with Gasteiger partial charge in [0.2, 0.25) is 0 Å². The number of carbonyl (C=O) groups is 1. The van der Waals surface area contributed by atoms with Crippen LogP contribution in [0.2, 0.25) is 0 Å². The van der Waals surface area contributed by atoms with Crippen molar-refractivity contribution in [2.75, 3.05) is 7.05 Å². The monoisotopic (exact) mass is 388 g/mol. The van der Waals surface area contributed by atoms with Crippen molar-refractivity contribution in [2.24, 2.45) is 0 Å². The van der Waals surface area contributed by atoms with Crippen LogP contribution in [-0.2, 0) is 13.1 Å². The Morgan fingerprint density at radius 3 is 2.57 bits per heavy atom. The molecule has 0 saturated carbocycles. The van der Waals surface area contributed by atoms with Crippen molar-refractivity contribution in [2.45, 2.75) is 19.7 Å². The average Bonchev–Trinajstić information content (AvgIpc) is 3.12. The maximum Gasteiger partial charge on any atom is 0.387 e. The Morgan fingerprint density at radius 1 is 1.14 bits per heavy atom. The molecule has 1 aromatic carbocycles. The van der Waals surface area contributed by atoms with Crippen molar-refractivity contribution in [1.29, 1.82) is 0 Å². The second kappa shape index (κ2) is 8.51. The second-order valence-electron chi connectivity index (χ2n) is 6.12. The van der Waals surface area contributed by atoms with Gasteiger partial charge in [0.05, 0.1) is 6.54 Å². The molecule has 2 aromatic heterocycles. The van der Waals surface area contributed by atoms with E-state index in [0.29, 0.717) is 5.76 Å². The molecule has 6 nitrogen and oxygen atoms in total. The zero-order valence-electron chi connectivity index (χ0n) is 15.0. The minimum absolute atomic E-state index is 0.0551. The Balaban J connectivity index is 1.63. The summed E-state index contributed by atoms with van der Waals surface area (Å²) in [6, 6.07) is 14.1. The number of hydrogen-bond acceptors (Lipinski definition) is 4. The van der Waals surface area contributed by atoms with Gasteiger partial charge in [0, 0.05) is 25.9 Å². The highest BCUT2D eigenvalue weighted by Gasteiger charge is 2.17. The minimum Gasteiger partial charge on any atom is -0.454 e. The van der Waals surface area contributed by atoms with Crippen molar-refractivity contribution < 1.29 is 22.7 Å². The van der Waals surface area contributed by atoms with E-state index in [1.54, 1.807) is 49.6 Å². The summed E-state index contributed by atoms with van der Waals surface area (Å²) >= 11 is 0. The van der Waals surface area contributed by atoms with Gasteiger partial charge in [0.25, 0.3) is 11.5 Å². The molecule has 0 unspecified atom stereocenters. The fraction of sp³-hybridized carbons (Fsp3) is 0.200. The van der Waals surface area contributed by atoms with Gasteiger partial charge in [-0.15, -0.1) is 0 Å². The molecule has 0 spiro atoms. The summed E-state index contributed by atoms with van der Waals surface area (Å²) in [6.45, 7) is -2.39. The van der Waals surface area contributed by atoms with Crippen molar-refractivity contribution in [3.05, 3.63) is 88.2 Å². The zero-order chi connectivity index (χ0) is 20.1. The number of ether oxygens (including phenoxy) is 1. The highest BCUT2D eigenvalue weighted by Crippen LogP contribution is 2.17. The molecule has 0 radical (unpaired) electrons. The van der Waals surface area contributed by atoms with Gasteiger partial charge in [-0.2, -0.15) is 8.78 Å². The first-order chi connectivity index (χ1) is 13.4. The van der Waals surface area contributed by atoms with Gasteiger partial charge in [-0.05, 0) is 35.9 Å². The summed E-state index contributed by atoms with van der Waals surface area (Å²) in [5.41, 5.74) is 0.586. The first kappa shape index (κ1) is 19.3. The van der Waals surface area contributed by atoms with Crippen LogP contribution in [0.1, 0.15) is 21.9 Å². The van der Waals surface area contributed by atoms with Crippen LogP contribution >= 0.6 is 0 Å². The van der Waals surface area contributed by atoms with Crippen LogP contribution in [0.4, 0.5) is 8.78 Å². The van der Waals surface area contributed by atoms with Crippen LogP contribution in [0.5, 0.6) is 5.75 Å². The summed E-state index contributed by atoms with van der Waals surface area (Å²) in [4.78, 5) is 25.7. The number of hydrogen-bond donors (Lipinski definition) is 0. The third-order valence-electron chi connectivity index (χ3n) is 4.01. The first-order valence-corrected chi connectivity index (χ1v) is 8.46. The molecule has 0 N–H and O–H groups in total. The molecule has 3 rings (SSSR count). The van der Waals surface area contributed by atoms with E-state index in [1.807, 2.05) is 0 Å². The number of pyridine rings is 1. The SMILES string of the molecule is CN(Cc1ccc(OC(F)F)cc1)C(=O)c1ccc(Cn2ccccc2=O)o1. The van der Waals surface area contributed by atoms with Crippen molar-refractivity contribution in [1.82, 2.24) is 9.47 Å². The van der Waals surface area contributed by atoms with E-state index in [0.717, 1.165) is 5.56 Å². The van der Waals surface area contributed by atoms with Crippen LogP contribution in [0.25, 0.3) is 0 Å². The standard InChI is InChI=1S/C20H18F2N2O4/c1-23(12-14-5-7-15(8-6-14)28-20(21)22)19(26)17-10-9-16(27-17)13-24-11-3-2-4-18(24)25/h2-11,20H,12-13H2,1H3. The molecular formula is C20H18F2N2O4. The van der Waals surface area contributed by atoms with Gasteiger partial charge in [-0.25, -0.2) is 0 Å². The molecule has 2 heterocycles. The molecule has 0 saturated heterocycles. The van der Waals surface area contributed by atoms with E-state index in [4.69, 9.17) is 4.42 Å². The Labute approximate surface area is 159 Å². The number of benzene rings is 1. The third kappa shape index (κ3) is 4.85. The van der Waals surface area contributed by atoms with E-state index >= 15 is 0 Å². The summed E-state index contributed by atoms with van der Waals surface area (Å²) < 4.78 is 35.7. The lowest BCUT2D eigenvalue weighted by Crippen LogP contribution is -2.25. The Hall–Kier alpha value is -3.42. The Kier molecular flexibility index (Phi) is 5.88. The summed E-state index contributed by atoms with van der Waals surface area (Å²) in [6.07, 6.45) is 1.64. The van der Waals surface area contributed by atoms with E-state index < -0.39 is 6.61 Å². The highest BCUT2D eigenvalue weighted by molar-refractivity contribution is 5.91. The lowest BCUT2D eigenvalue weighted by molar-refractivity contribution is -0.0498. The molecule has 0 atom stereocenters. The van der Waals surface area contributed by atoms with E-state index in [2.05, 4.69) is 4.74 Å². The third-order valence-corrected chi connectivity index (χ3v) is 4.01. The predicted molar refractivity (Wildman–Crippen MR) is 97.4 cm³/mol. The maximum atomic E-state index is 12.5. The van der Waals surface area contributed by atoms with Gasteiger partial charge < -0.3 is 18.6 Å². The number of alkyl halides is 2. The van der Waals surface area contributed by atoms with E-state index in [9.17, 15) is 18.4 Å². The summed E-state index contributed by atoms with van der Waals surface area (Å²) in [5, 5.41) is 0. The smallest absolute Gasteiger partial charge is 0.387 e. The Bertz CT molecular complexity index is 996. The average molecular weight is 388 g/mol.